The average Bonchev–Trinajstić information content (AvgIpc) is 2.21. The van der Waals surface area contributed by atoms with Crippen molar-refractivity contribution in [1.29, 1.82) is 5.26 Å². The number of carbonyl (C=O) groups excluding carboxylic acids is 1. The molecule has 0 aliphatic rings. The van der Waals surface area contributed by atoms with Gasteiger partial charge in [-0.25, -0.2) is 4.39 Å². The van der Waals surface area contributed by atoms with E-state index in [0.29, 0.717) is 12.8 Å². The van der Waals surface area contributed by atoms with E-state index in [9.17, 15) is 9.18 Å². The molecule has 0 saturated heterocycles. The molecule has 0 aliphatic heterocycles. The number of ketones is 1. The van der Waals surface area contributed by atoms with Crippen molar-refractivity contribution in [1.82, 2.24) is 0 Å². The van der Waals surface area contributed by atoms with Crippen LogP contribution in [0.4, 0.5) is 4.39 Å². The highest BCUT2D eigenvalue weighted by Gasteiger charge is 2.01. The van der Waals surface area contributed by atoms with E-state index in [1.807, 2.05) is 6.07 Å². The van der Waals surface area contributed by atoms with E-state index in [1.54, 1.807) is 12.1 Å². The highest BCUT2D eigenvalue weighted by molar-refractivity contribution is 5.80. The predicted molar refractivity (Wildman–Crippen MR) is 54.6 cm³/mol. The minimum Gasteiger partial charge on any atom is -0.299 e. The molecule has 1 rings (SSSR count). The molecule has 1 aromatic carbocycles. The molecule has 0 spiro atoms. The van der Waals surface area contributed by atoms with Crippen molar-refractivity contribution in [2.75, 3.05) is 0 Å². The molecule has 0 saturated carbocycles. The third kappa shape index (κ3) is 4.37. The van der Waals surface area contributed by atoms with Gasteiger partial charge in [-0.3, -0.25) is 4.79 Å². The number of halogens is 1. The van der Waals surface area contributed by atoms with Crippen molar-refractivity contribution in [2.24, 2.45) is 0 Å². The van der Waals surface area contributed by atoms with Crippen LogP contribution in [0.3, 0.4) is 0 Å². The Morgan fingerprint density at radius 2 is 2.00 bits per heavy atom. The summed E-state index contributed by atoms with van der Waals surface area (Å²) in [4.78, 5) is 11.0. The lowest BCUT2D eigenvalue weighted by molar-refractivity contribution is -0.118. The van der Waals surface area contributed by atoms with Gasteiger partial charge in [0.1, 0.15) is 11.6 Å². The molecule has 0 radical (unpaired) electrons. The second-order valence-electron chi connectivity index (χ2n) is 3.35. The fraction of sp³-hybridized carbons (Fsp3) is 0.333. The largest absolute Gasteiger partial charge is 0.299 e. The lowest BCUT2D eigenvalue weighted by atomic mass is 10.1. The Morgan fingerprint density at radius 1 is 1.33 bits per heavy atom. The second-order valence-corrected chi connectivity index (χ2v) is 3.35. The monoisotopic (exact) mass is 205 g/mol. The molecule has 1 aromatic rings. The van der Waals surface area contributed by atoms with E-state index < -0.39 is 0 Å². The van der Waals surface area contributed by atoms with Crippen LogP contribution >= 0.6 is 0 Å². The molecule has 0 aromatic heterocycles. The maximum Gasteiger partial charge on any atom is 0.146 e. The van der Waals surface area contributed by atoms with Crippen LogP contribution in [0.15, 0.2) is 24.3 Å². The van der Waals surface area contributed by atoms with Gasteiger partial charge in [0.05, 0.1) is 12.5 Å². The van der Waals surface area contributed by atoms with Crippen molar-refractivity contribution in [3.05, 3.63) is 35.6 Å². The Morgan fingerprint density at radius 3 is 2.60 bits per heavy atom. The summed E-state index contributed by atoms with van der Waals surface area (Å²) in [5.41, 5.74) is 1.01. The number of nitriles is 1. The van der Waals surface area contributed by atoms with E-state index in [2.05, 4.69) is 0 Å². The molecule has 0 heterocycles. The number of Topliss-reactive ketones (excluding diaryl/α,β-unsaturated/α-hetero) is 1. The van der Waals surface area contributed by atoms with E-state index in [-0.39, 0.29) is 18.0 Å². The van der Waals surface area contributed by atoms with Gasteiger partial charge >= 0.3 is 0 Å². The first-order valence-corrected chi connectivity index (χ1v) is 4.85. The van der Waals surface area contributed by atoms with Gasteiger partial charge < -0.3 is 0 Å². The predicted octanol–water partition coefficient (Wildman–Crippen LogP) is 2.63. The minimum atomic E-state index is -0.251. The van der Waals surface area contributed by atoms with E-state index >= 15 is 0 Å². The Hall–Kier alpha value is -1.69. The van der Waals surface area contributed by atoms with Crippen molar-refractivity contribution in [3.8, 4) is 6.07 Å². The van der Waals surface area contributed by atoms with Gasteiger partial charge in [0.15, 0.2) is 0 Å². The molecule has 0 amide bonds. The topological polar surface area (TPSA) is 40.9 Å². The number of hydrogen-bond acceptors (Lipinski definition) is 2. The molecule has 0 aliphatic carbocycles. The summed E-state index contributed by atoms with van der Waals surface area (Å²) in [7, 11) is 0. The summed E-state index contributed by atoms with van der Waals surface area (Å²) in [5.74, 6) is -0.279. The first kappa shape index (κ1) is 11.4. The zero-order chi connectivity index (χ0) is 11.1. The minimum absolute atomic E-state index is 0.0105. The van der Waals surface area contributed by atoms with Crippen LogP contribution in [-0.4, -0.2) is 5.78 Å². The summed E-state index contributed by atoms with van der Waals surface area (Å²) < 4.78 is 12.5. The smallest absolute Gasteiger partial charge is 0.146 e. The number of aryl methyl sites for hydroxylation is 1. The average molecular weight is 205 g/mol. The lowest BCUT2D eigenvalue weighted by Crippen LogP contribution is -1.97. The molecule has 78 valence electrons. The highest BCUT2D eigenvalue weighted by Crippen LogP contribution is 2.07. The standard InChI is InChI=1S/C12H12FNO/c13-11-6-4-10(5-7-11)2-1-3-12(15)8-9-14/h4-7H,1-3,8H2. The van der Waals surface area contributed by atoms with Gasteiger partial charge in [-0.15, -0.1) is 0 Å². The third-order valence-corrected chi connectivity index (χ3v) is 2.11. The molecular weight excluding hydrogens is 193 g/mol. The number of benzene rings is 1. The maximum atomic E-state index is 12.5. The molecule has 0 unspecified atom stereocenters. The van der Waals surface area contributed by atoms with Crippen LogP contribution in [0.2, 0.25) is 0 Å². The van der Waals surface area contributed by atoms with Crippen molar-refractivity contribution in [2.45, 2.75) is 25.7 Å². The maximum absolute atomic E-state index is 12.5. The number of nitrogens with zero attached hydrogens (tertiary/aromatic N) is 1. The van der Waals surface area contributed by atoms with Gasteiger partial charge in [-0.1, -0.05) is 12.1 Å². The molecule has 0 atom stereocenters. The quantitative estimate of drug-likeness (QED) is 0.741. The third-order valence-electron chi connectivity index (χ3n) is 2.11. The van der Waals surface area contributed by atoms with Gasteiger partial charge in [0.25, 0.3) is 0 Å². The van der Waals surface area contributed by atoms with Gasteiger partial charge in [0, 0.05) is 6.42 Å². The number of carbonyl (C=O) groups is 1. The number of hydrogen-bond donors (Lipinski definition) is 0. The van der Waals surface area contributed by atoms with Crippen LogP contribution in [0, 0.1) is 17.1 Å². The van der Waals surface area contributed by atoms with E-state index in [0.717, 1.165) is 12.0 Å². The second kappa shape index (κ2) is 5.92. The fourth-order valence-electron chi connectivity index (χ4n) is 1.32. The van der Waals surface area contributed by atoms with Crippen LogP contribution in [-0.2, 0) is 11.2 Å². The molecule has 0 bridgehead atoms. The van der Waals surface area contributed by atoms with Crippen LogP contribution in [0.1, 0.15) is 24.8 Å². The van der Waals surface area contributed by atoms with Gasteiger partial charge in [-0.2, -0.15) is 5.26 Å². The van der Waals surface area contributed by atoms with Gasteiger partial charge in [0.2, 0.25) is 0 Å². The molecule has 2 nitrogen and oxygen atoms in total. The summed E-state index contributed by atoms with van der Waals surface area (Å²) in [6.07, 6.45) is 1.87. The van der Waals surface area contributed by atoms with Crippen LogP contribution in [0.25, 0.3) is 0 Å². The summed E-state index contributed by atoms with van der Waals surface area (Å²) in [6.45, 7) is 0. The molecule has 15 heavy (non-hydrogen) atoms. The molecule has 0 fully saturated rings. The summed E-state index contributed by atoms with van der Waals surface area (Å²) in [5, 5.41) is 8.27. The van der Waals surface area contributed by atoms with E-state index in [4.69, 9.17) is 5.26 Å². The SMILES string of the molecule is N#CCC(=O)CCCc1ccc(F)cc1. The van der Waals surface area contributed by atoms with Crippen LogP contribution in [0.5, 0.6) is 0 Å². The van der Waals surface area contributed by atoms with E-state index in [1.165, 1.54) is 12.1 Å². The fourth-order valence-corrected chi connectivity index (χ4v) is 1.32. The summed E-state index contributed by atoms with van der Waals surface area (Å²) in [6, 6.07) is 8.07. The highest BCUT2D eigenvalue weighted by atomic mass is 19.1. The van der Waals surface area contributed by atoms with Gasteiger partial charge in [-0.05, 0) is 30.5 Å². The first-order valence-electron chi connectivity index (χ1n) is 4.85. The Labute approximate surface area is 88.3 Å². The van der Waals surface area contributed by atoms with Crippen molar-refractivity contribution < 1.29 is 9.18 Å². The van der Waals surface area contributed by atoms with Crippen LogP contribution < -0.4 is 0 Å². The Balaban J connectivity index is 2.29. The molecular formula is C12H12FNO. The molecule has 3 heteroatoms. The zero-order valence-electron chi connectivity index (χ0n) is 8.37. The molecule has 0 N–H and O–H groups in total. The normalized spacial score (nSPS) is 9.60. The first-order chi connectivity index (χ1) is 7.22. The van der Waals surface area contributed by atoms with Crippen molar-refractivity contribution >= 4 is 5.78 Å². The number of rotatable bonds is 5. The zero-order valence-corrected chi connectivity index (χ0v) is 8.37. The lowest BCUT2D eigenvalue weighted by Gasteiger charge is -1.99. The Kier molecular flexibility index (Phi) is 4.49. The van der Waals surface area contributed by atoms with Crippen molar-refractivity contribution in [3.63, 3.8) is 0 Å². The Bertz CT molecular complexity index is 364. The summed E-state index contributed by atoms with van der Waals surface area (Å²) >= 11 is 0.